The van der Waals surface area contributed by atoms with Crippen LogP contribution in [0.5, 0.6) is 0 Å². The average molecular weight is 306 g/mol. The second-order valence-corrected chi connectivity index (χ2v) is 4.75. The number of nitrogens with one attached hydrogen (secondary N) is 1. The molecule has 2 aromatic rings. The Labute approximate surface area is 133 Å². The molecule has 0 aliphatic heterocycles. The third-order valence-electron chi connectivity index (χ3n) is 3.10. The normalized spacial score (nSPS) is 11.1. The molecule has 1 aromatic carbocycles. The zero-order chi connectivity index (χ0) is 16.8. The molecule has 6 nitrogen and oxygen atoms in total. The van der Waals surface area contributed by atoms with Gasteiger partial charge >= 0.3 is 6.17 Å². The fraction of sp³-hybridized carbons (Fsp3) is 0.176. The summed E-state index contributed by atoms with van der Waals surface area (Å²) in [6, 6.07) is 10.2. The van der Waals surface area contributed by atoms with Gasteiger partial charge in [0.1, 0.15) is 5.56 Å². The van der Waals surface area contributed by atoms with Crippen LogP contribution in [0.3, 0.4) is 0 Å². The molecule has 2 rings (SSSR count). The van der Waals surface area contributed by atoms with Crippen LogP contribution < -0.4 is 10.9 Å². The number of hydrogen-bond donors (Lipinski definition) is 1. The number of aromatic nitrogens is 2. The summed E-state index contributed by atoms with van der Waals surface area (Å²) in [7, 11) is 0. The average Bonchev–Trinajstić information content (AvgIpc) is 2.57. The van der Waals surface area contributed by atoms with E-state index in [1.807, 2.05) is 6.07 Å². The molecule has 114 valence electrons. The van der Waals surface area contributed by atoms with Crippen molar-refractivity contribution in [1.29, 1.82) is 0 Å². The first kappa shape index (κ1) is 16.0. The first-order chi connectivity index (χ1) is 11.1. The largest absolute Gasteiger partial charge is 0.345 e. The van der Waals surface area contributed by atoms with E-state index < -0.39 is 17.6 Å². The van der Waals surface area contributed by atoms with Crippen LogP contribution in [0.15, 0.2) is 41.2 Å². The van der Waals surface area contributed by atoms with Crippen molar-refractivity contribution >= 4 is 5.91 Å². The van der Waals surface area contributed by atoms with Gasteiger partial charge in [-0.15, -0.1) is 11.1 Å². The Morgan fingerprint density at radius 2 is 2.17 bits per heavy atom. The van der Waals surface area contributed by atoms with E-state index in [4.69, 9.17) is 13.0 Å². The molecule has 0 saturated carbocycles. The van der Waals surface area contributed by atoms with Gasteiger partial charge in [0, 0.05) is 0 Å². The maximum Gasteiger partial charge on any atom is 0.345 e. The third kappa shape index (κ3) is 3.45. The maximum absolute atomic E-state index is 12.5. The molecule has 0 fully saturated rings. The molecule has 0 spiro atoms. The van der Waals surface area contributed by atoms with E-state index in [0.29, 0.717) is 11.3 Å². The SMILES string of the molecule is [C-]#[N+][C@H](c1ccccc1)n1nc(C)cc(C(=O)NCC#C)c1=O. The van der Waals surface area contributed by atoms with Crippen molar-refractivity contribution in [1.82, 2.24) is 15.1 Å². The van der Waals surface area contributed by atoms with Crippen LogP contribution in [0.4, 0.5) is 0 Å². The molecule has 0 bridgehead atoms. The van der Waals surface area contributed by atoms with E-state index in [9.17, 15) is 9.59 Å². The zero-order valence-electron chi connectivity index (χ0n) is 12.5. The summed E-state index contributed by atoms with van der Waals surface area (Å²) in [5, 5.41) is 6.56. The van der Waals surface area contributed by atoms with Gasteiger partial charge in [0.25, 0.3) is 11.5 Å². The van der Waals surface area contributed by atoms with E-state index in [1.54, 1.807) is 31.2 Å². The van der Waals surface area contributed by atoms with Crippen LogP contribution in [-0.2, 0) is 0 Å². The predicted octanol–water partition coefficient (Wildman–Crippen LogP) is 1.38. The van der Waals surface area contributed by atoms with Crippen LogP contribution in [0, 0.1) is 25.8 Å². The molecule has 0 radical (unpaired) electrons. The van der Waals surface area contributed by atoms with E-state index >= 15 is 0 Å². The van der Waals surface area contributed by atoms with Crippen LogP contribution >= 0.6 is 0 Å². The number of benzene rings is 1. The lowest BCUT2D eigenvalue weighted by atomic mass is 10.1. The van der Waals surface area contributed by atoms with Crippen molar-refractivity contribution in [2.45, 2.75) is 13.1 Å². The highest BCUT2D eigenvalue weighted by molar-refractivity contribution is 5.94. The predicted molar refractivity (Wildman–Crippen MR) is 85.6 cm³/mol. The molecule has 0 aliphatic rings. The second-order valence-electron chi connectivity index (χ2n) is 4.75. The van der Waals surface area contributed by atoms with Crippen molar-refractivity contribution in [2.24, 2.45) is 0 Å². The van der Waals surface area contributed by atoms with Crippen LogP contribution in [0.25, 0.3) is 4.85 Å². The summed E-state index contributed by atoms with van der Waals surface area (Å²) in [5.41, 5.74) is 0.366. The van der Waals surface area contributed by atoms with Crippen LogP contribution in [0.1, 0.15) is 27.8 Å². The van der Waals surface area contributed by atoms with E-state index in [1.165, 1.54) is 6.07 Å². The second kappa shape index (κ2) is 7.06. The van der Waals surface area contributed by atoms with Crippen molar-refractivity contribution in [3.63, 3.8) is 0 Å². The summed E-state index contributed by atoms with van der Waals surface area (Å²) < 4.78 is 1.03. The quantitative estimate of drug-likeness (QED) is 0.685. The summed E-state index contributed by atoms with van der Waals surface area (Å²) in [5.74, 6) is 1.69. The van der Waals surface area contributed by atoms with Gasteiger partial charge in [-0.05, 0) is 25.1 Å². The topological polar surface area (TPSA) is 68.3 Å². The summed E-state index contributed by atoms with van der Waals surface area (Å²) in [6.45, 7) is 9.06. The highest BCUT2D eigenvalue weighted by Gasteiger charge is 2.24. The first-order valence-electron chi connectivity index (χ1n) is 6.82. The Hall–Kier alpha value is -3.38. The summed E-state index contributed by atoms with van der Waals surface area (Å²) in [4.78, 5) is 28.1. The lowest BCUT2D eigenvalue weighted by Crippen LogP contribution is -2.36. The number of hydrogen-bond acceptors (Lipinski definition) is 3. The Balaban J connectivity index is 2.54. The maximum atomic E-state index is 12.5. The van der Waals surface area contributed by atoms with Gasteiger partial charge < -0.3 is 5.32 Å². The van der Waals surface area contributed by atoms with E-state index in [0.717, 1.165) is 4.68 Å². The lowest BCUT2D eigenvalue weighted by molar-refractivity contribution is 0.0956. The van der Waals surface area contributed by atoms with Gasteiger partial charge in [-0.1, -0.05) is 24.1 Å². The molecule has 1 N–H and O–H groups in total. The number of nitrogens with zero attached hydrogens (tertiary/aromatic N) is 3. The monoisotopic (exact) mass is 306 g/mol. The molecule has 1 atom stereocenters. The van der Waals surface area contributed by atoms with E-state index in [-0.39, 0.29) is 12.1 Å². The standard InChI is InChI=1S/C17H14N4O2/c1-4-10-19-16(22)14-11-12(2)20-21(17(14)23)15(18-3)13-8-6-5-7-9-13/h1,5-9,11,15H,10H2,2H3,(H,19,22)/t15-/m0/s1. The molecule has 0 unspecified atom stereocenters. The fourth-order valence-electron chi connectivity index (χ4n) is 2.09. The summed E-state index contributed by atoms with van der Waals surface area (Å²) >= 11 is 0. The number of carbonyl (C=O) groups excluding carboxylic acids is 1. The molecular formula is C17H14N4O2. The Morgan fingerprint density at radius 1 is 1.48 bits per heavy atom. The highest BCUT2D eigenvalue weighted by atomic mass is 16.2. The van der Waals surface area contributed by atoms with Gasteiger partial charge in [0.15, 0.2) is 0 Å². The first-order valence-corrected chi connectivity index (χ1v) is 6.82. The number of carbonyl (C=O) groups is 1. The molecular weight excluding hydrogens is 292 g/mol. The Bertz CT molecular complexity index is 857. The minimum absolute atomic E-state index is 0.0184. The van der Waals surface area contributed by atoms with Crippen molar-refractivity contribution in [3.05, 3.63) is 75.0 Å². The lowest BCUT2D eigenvalue weighted by Gasteiger charge is -2.11. The van der Waals surface area contributed by atoms with Crippen molar-refractivity contribution in [2.75, 3.05) is 6.54 Å². The minimum Gasteiger partial charge on any atom is -0.341 e. The molecule has 1 heterocycles. The van der Waals surface area contributed by atoms with Crippen LogP contribution in [0.2, 0.25) is 0 Å². The van der Waals surface area contributed by atoms with E-state index in [2.05, 4.69) is 21.2 Å². The molecule has 1 amide bonds. The number of rotatable bonds is 4. The van der Waals surface area contributed by atoms with Crippen molar-refractivity contribution < 1.29 is 4.79 Å². The van der Waals surface area contributed by atoms with Crippen LogP contribution in [-0.4, -0.2) is 22.2 Å². The molecule has 0 aliphatic carbocycles. The van der Waals surface area contributed by atoms with Gasteiger partial charge in [-0.2, -0.15) is 5.10 Å². The number of terminal acetylenes is 1. The smallest absolute Gasteiger partial charge is 0.341 e. The Morgan fingerprint density at radius 3 is 2.78 bits per heavy atom. The van der Waals surface area contributed by atoms with Gasteiger partial charge in [-0.3, -0.25) is 14.4 Å². The third-order valence-corrected chi connectivity index (χ3v) is 3.10. The molecule has 23 heavy (non-hydrogen) atoms. The molecule has 1 aromatic heterocycles. The van der Waals surface area contributed by atoms with Gasteiger partial charge in [0.05, 0.1) is 17.8 Å². The van der Waals surface area contributed by atoms with Gasteiger partial charge in [-0.25, -0.2) is 6.57 Å². The number of amides is 1. The number of aryl methyl sites for hydroxylation is 1. The minimum atomic E-state index is -0.928. The van der Waals surface area contributed by atoms with Gasteiger partial charge in [0.2, 0.25) is 0 Å². The fourth-order valence-corrected chi connectivity index (χ4v) is 2.09. The highest BCUT2D eigenvalue weighted by Crippen LogP contribution is 2.17. The Kier molecular flexibility index (Phi) is 4.91. The summed E-state index contributed by atoms with van der Waals surface area (Å²) in [6.07, 6.45) is 4.17. The molecule has 0 saturated heterocycles. The van der Waals surface area contributed by atoms with Crippen molar-refractivity contribution in [3.8, 4) is 12.3 Å². The zero-order valence-corrected chi connectivity index (χ0v) is 12.5. The molecule has 6 heteroatoms.